The topological polar surface area (TPSA) is 67.4 Å². The Morgan fingerprint density at radius 1 is 1.00 bits per heavy atom. The van der Waals surface area contributed by atoms with Crippen LogP contribution in [0, 0.1) is 0 Å². The molecular formula is C8H16N2O3. The summed E-state index contributed by atoms with van der Waals surface area (Å²) in [6, 6.07) is 0. The number of hydrogen-bond acceptors (Lipinski definition) is 3. The highest BCUT2D eigenvalue weighted by Crippen LogP contribution is 1.86. The minimum absolute atomic E-state index is 0.237. The molecule has 0 aromatic carbocycles. The summed E-state index contributed by atoms with van der Waals surface area (Å²) in [7, 11) is 0. The van der Waals surface area contributed by atoms with Crippen LogP contribution in [0.2, 0.25) is 0 Å². The van der Waals surface area contributed by atoms with Crippen LogP contribution in [0.15, 0.2) is 0 Å². The number of nitrogens with one attached hydrogen (secondary N) is 2. The Balaban J connectivity index is 3.33. The van der Waals surface area contributed by atoms with Gasteiger partial charge in [0.1, 0.15) is 0 Å². The highest BCUT2D eigenvalue weighted by atomic mass is 16.8. The first-order valence-corrected chi connectivity index (χ1v) is 4.44. The van der Waals surface area contributed by atoms with E-state index in [2.05, 4.69) is 15.9 Å². The van der Waals surface area contributed by atoms with Crippen molar-refractivity contribution in [3.63, 3.8) is 0 Å². The minimum Gasteiger partial charge on any atom is -0.273 e. The average molecular weight is 188 g/mol. The lowest BCUT2D eigenvalue weighted by atomic mass is 10.3. The summed E-state index contributed by atoms with van der Waals surface area (Å²) in [4.78, 5) is 26.1. The fourth-order valence-electron chi connectivity index (χ4n) is 0.696. The van der Waals surface area contributed by atoms with Crippen molar-refractivity contribution in [2.24, 2.45) is 0 Å². The first-order valence-electron chi connectivity index (χ1n) is 4.44. The molecule has 0 aromatic rings. The van der Waals surface area contributed by atoms with Crippen molar-refractivity contribution in [2.75, 3.05) is 0 Å². The molecule has 2 amide bonds. The molecule has 0 heterocycles. The van der Waals surface area contributed by atoms with Gasteiger partial charge in [-0.05, 0) is 12.8 Å². The maximum Gasteiger partial charge on any atom is 0.245 e. The molecule has 0 rings (SSSR count). The van der Waals surface area contributed by atoms with Gasteiger partial charge in [0.05, 0.1) is 0 Å². The Morgan fingerprint density at radius 2 is 1.38 bits per heavy atom. The van der Waals surface area contributed by atoms with Gasteiger partial charge in [-0.15, -0.1) is 0 Å². The summed E-state index contributed by atoms with van der Waals surface area (Å²) >= 11 is 0. The van der Waals surface area contributed by atoms with E-state index in [1.165, 1.54) is 0 Å². The van der Waals surface area contributed by atoms with E-state index in [-0.39, 0.29) is 11.8 Å². The zero-order valence-corrected chi connectivity index (χ0v) is 8.05. The van der Waals surface area contributed by atoms with Crippen LogP contribution >= 0.6 is 0 Å². The zero-order chi connectivity index (χ0) is 10.1. The molecule has 5 nitrogen and oxygen atoms in total. The van der Waals surface area contributed by atoms with Crippen LogP contribution in [0.5, 0.6) is 0 Å². The molecule has 0 radical (unpaired) electrons. The van der Waals surface area contributed by atoms with E-state index < -0.39 is 0 Å². The molecule has 0 spiro atoms. The quantitative estimate of drug-likeness (QED) is 0.602. The predicted molar refractivity (Wildman–Crippen MR) is 47.2 cm³/mol. The lowest BCUT2D eigenvalue weighted by Gasteiger charge is -2.04. The second-order valence-corrected chi connectivity index (χ2v) is 2.65. The minimum atomic E-state index is -0.237. The van der Waals surface area contributed by atoms with Crippen LogP contribution in [-0.4, -0.2) is 11.8 Å². The van der Waals surface area contributed by atoms with Gasteiger partial charge in [-0.25, -0.2) is 11.0 Å². The molecule has 0 aliphatic rings. The van der Waals surface area contributed by atoms with E-state index in [4.69, 9.17) is 0 Å². The lowest BCUT2D eigenvalue weighted by Crippen LogP contribution is -2.34. The van der Waals surface area contributed by atoms with Crippen molar-refractivity contribution in [3.05, 3.63) is 0 Å². The van der Waals surface area contributed by atoms with E-state index in [1.807, 2.05) is 13.8 Å². The monoisotopic (exact) mass is 188 g/mol. The number of hydrogen-bond donors (Lipinski definition) is 2. The first kappa shape index (κ1) is 11.9. The van der Waals surface area contributed by atoms with E-state index in [9.17, 15) is 9.59 Å². The standard InChI is InChI=1S/C8H16N2O3/c1-3-5-7(11)9-13-10-8(12)6-4-2/h3-6H2,1-2H3,(H,9,11)(H,10,12). The molecule has 0 atom stereocenters. The van der Waals surface area contributed by atoms with E-state index in [0.29, 0.717) is 12.8 Å². The third-order valence-corrected chi connectivity index (χ3v) is 1.28. The summed E-state index contributed by atoms with van der Waals surface area (Å²) in [5.74, 6) is -0.474. The van der Waals surface area contributed by atoms with Gasteiger partial charge >= 0.3 is 0 Å². The van der Waals surface area contributed by atoms with Gasteiger partial charge < -0.3 is 0 Å². The van der Waals surface area contributed by atoms with E-state index in [0.717, 1.165) is 12.8 Å². The van der Waals surface area contributed by atoms with Crippen molar-refractivity contribution in [1.29, 1.82) is 0 Å². The van der Waals surface area contributed by atoms with Gasteiger partial charge in [-0.2, -0.15) is 4.94 Å². The molecule has 0 aliphatic heterocycles. The number of hydroxylamine groups is 2. The molecule has 13 heavy (non-hydrogen) atoms. The van der Waals surface area contributed by atoms with Crippen LogP contribution in [0.3, 0.4) is 0 Å². The van der Waals surface area contributed by atoms with Crippen molar-refractivity contribution in [3.8, 4) is 0 Å². The third-order valence-electron chi connectivity index (χ3n) is 1.28. The third kappa shape index (κ3) is 7.27. The lowest BCUT2D eigenvalue weighted by molar-refractivity contribution is -0.151. The van der Waals surface area contributed by atoms with Gasteiger partial charge in [0, 0.05) is 12.8 Å². The molecule has 76 valence electrons. The summed E-state index contributed by atoms with van der Waals surface area (Å²) < 4.78 is 0. The fourth-order valence-corrected chi connectivity index (χ4v) is 0.696. The summed E-state index contributed by atoms with van der Waals surface area (Å²) in [5, 5.41) is 0. The number of carbonyl (C=O) groups is 2. The SMILES string of the molecule is CCCC(=O)NONC(=O)CCC. The van der Waals surface area contributed by atoms with Crippen LogP contribution in [0.4, 0.5) is 0 Å². The molecule has 0 bridgehead atoms. The van der Waals surface area contributed by atoms with E-state index in [1.54, 1.807) is 0 Å². The van der Waals surface area contributed by atoms with Gasteiger partial charge in [-0.3, -0.25) is 9.59 Å². The van der Waals surface area contributed by atoms with Gasteiger partial charge in [0.15, 0.2) is 0 Å². The number of rotatable bonds is 6. The van der Waals surface area contributed by atoms with Crippen LogP contribution < -0.4 is 11.0 Å². The van der Waals surface area contributed by atoms with Crippen molar-refractivity contribution < 1.29 is 14.5 Å². The summed E-state index contributed by atoms with van der Waals surface area (Å²) in [6.45, 7) is 3.77. The maximum atomic E-state index is 10.8. The number of amides is 2. The molecule has 0 fully saturated rings. The molecule has 0 aliphatic carbocycles. The summed E-state index contributed by atoms with van der Waals surface area (Å²) in [5.41, 5.74) is 4.20. The normalized spacial score (nSPS) is 9.38. The maximum absolute atomic E-state index is 10.8. The van der Waals surface area contributed by atoms with E-state index >= 15 is 0 Å². The molecule has 0 aromatic heterocycles. The molecule has 0 saturated heterocycles. The Labute approximate surface area is 77.7 Å². The average Bonchev–Trinajstić information content (AvgIpc) is 2.05. The second-order valence-electron chi connectivity index (χ2n) is 2.65. The highest BCUT2D eigenvalue weighted by molar-refractivity contribution is 5.76. The Morgan fingerprint density at radius 3 is 1.69 bits per heavy atom. The van der Waals surface area contributed by atoms with Gasteiger partial charge in [0.25, 0.3) is 0 Å². The zero-order valence-electron chi connectivity index (χ0n) is 8.05. The Kier molecular flexibility index (Phi) is 6.91. The molecule has 0 unspecified atom stereocenters. The van der Waals surface area contributed by atoms with Crippen molar-refractivity contribution in [2.45, 2.75) is 39.5 Å². The van der Waals surface area contributed by atoms with Crippen molar-refractivity contribution >= 4 is 11.8 Å². The smallest absolute Gasteiger partial charge is 0.245 e. The molecule has 0 saturated carbocycles. The molecule has 2 N–H and O–H groups in total. The largest absolute Gasteiger partial charge is 0.273 e. The van der Waals surface area contributed by atoms with Crippen LogP contribution in [-0.2, 0) is 14.5 Å². The molecule has 5 heteroatoms. The van der Waals surface area contributed by atoms with Gasteiger partial charge in [0.2, 0.25) is 11.8 Å². The predicted octanol–water partition coefficient (Wildman–Crippen LogP) is 0.666. The Bertz CT molecular complexity index is 153. The number of carbonyl (C=O) groups excluding carboxylic acids is 2. The fraction of sp³-hybridized carbons (Fsp3) is 0.750. The van der Waals surface area contributed by atoms with Gasteiger partial charge in [-0.1, -0.05) is 13.8 Å². The Hall–Kier alpha value is -1.10. The van der Waals surface area contributed by atoms with Crippen LogP contribution in [0.25, 0.3) is 0 Å². The highest BCUT2D eigenvalue weighted by Gasteiger charge is 2.01. The first-order chi connectivity index (χ1) is 6.20. The van der Waals surface area contributed by atoms with Crippen molar-refractivity contribution in [1.82, 2.24) is 11.0 Å². The van der Waals surface area contributed by atoms with Crippen LogP contribution in [0.1, 0.15) is 39.5 Å². The molecular weight excluding hydrogens is 172 g/mol. The second kappa shape index (κ2) is 7.54. The summed E-state index contributed by atoms with van der Waals surface area (Å²) in [6.07, 6.45) is 2.28.